The van der Waals surface area contributed by atoms with Gasteiger partial charge in [0.1, 0.15) is 5.56 Å². The van der Waals surface area contributed by atoms with Crippen LogP contribution in [0.5, 0.6) is 0 Å². The van der Waals surface area contributed by atoms with Gasteiger partial charge in [0, 0.05) is 22.8 Å². The first kappa shape index (κ1) is 13.6. The first-order valence-electron chi connectivity index (χ1n) is 6.21. The predicted molar refractivity (Wildman–Crippen MR) is 76.2 cm³/mol. The lowest BCUT2D eigenvalue weighted by Crippen LogP contribution is -2.24. The summed E-state index contributed by atoms with van der Waals surface area (Å²) in [6.45, 7) is 0. The number of ketones is 2. The van der Waals surface area contributed by atoms with Crippen molar-refractivity contribution in [2.75, 3.05) is 5.73 Å². The van der Waals surface area contributed by atoms with Crippen LogP contribution in [0.25, 0.3) is 0 Å². The van der Waals surface area contributed by atoms with Gasteiger partial charge in [-0.3, -0.25) is 24.5 Å². The van der Waals surface area contributed by atoms with Crippen molar-refractivity contribution < 1.29 is 19.3 Å². The Balaban J connectivity index is 2.46. The molecule has 1 aliphatic carbocycles. The summed E-state index contributed by atoms with van der Waals surface area (Å²) >= 11 is 0. The number of nitro groups is 1. The van der Waals surface area contributed by atoms with Crippen molar-refractivity contribution in [3.05, 3.63) is 68.3 Å². The van der Waals surface area contributed by atoms with Crippen molar-refractivity contribution in [1.29, 1.82) is 0 Å². The number of carbonyl (C=O) groups is 3. The fourth-order valence-corrected chi connectivity index (χ4v) is 2.56. The first-order valence-corrected chi connectivity index (χ1v) is 6.21. The molecule has 0 atom stereocenters. The Morgan fingerprint density at radius 3 is 2.09 bits per heavy atom. The van der Waals surface area contributed by atoms with E-state index in [0.717, 1.165) is 6.07 Å². The van der Waals surface area contributed by atoms with Gasteiger partial charge >= 0.3 is 0 Å². The number of nitrogens with zero attached hydrogens (tertiary/aromatic N) is 1. The molecular weight excluding hydrogens is 288 g/mol. The second kappa shape index (κ2) is 4.59. The predicted octanol–water partition coefficient (Wildman–Crippen LogP) is 1.76. The highest BCUT2D eigenvalue weighted by atomic mass is 16.6. The van der Waals surface area contributed by atoms with E-state index in [0.29, 0.717) is 6.29 Å². The minimum Gasteiger partial charge on any atom is -0.398 e. The molecule has 0 saturated carbocycles. The average molecular weight is 296 g/mol. The number of hydrogen-bond donors (Lipinski definition) is 1. The lowest BCUT2D eigenvalue weighted by Gasteiger charge is -2.19. The summed E-state index contributed by atoms with van der Waals surface area (Å²) in [4.78, 5) is 46.5. The number of nitro benzene ring substituents is 1. The maximum Gasteiger partial charge on any atom is 0.282 e. The lowest BCUT2D eigenvalue weighted by atomic mass is 9.81. The van der Waals surface area contributed by atoms with Gasteiger partial charge in [-0.1, -0.05) is 24.3 Å². The van der Waals surface area contributed by atoms with Crippen LogP contribution in [0.15, 0.2) is 30.3 Å². The summed E-state index contributed by atoms with van der Waals surface area (Å²) in [6, 6.07) is 6.91. The van der Waals surface area contributed by atoms with Gasteiger partial charge in [-0.2, -0.15) is 0 Å². The van der Waals surface area contributed by atoms with Crippen molar-refractivity contribution in [2.45, 2.75) is 0 Å². The van der Waals surface area contributed by atoms with Crippen LogP contribution >= 0.6 is 0 Å². The second-order valence-corrected chi connectivity index (χ2v) is 4.73. The van der Waals surface area contributed by atoms with Crippen molar-refractivity contribution in [3.8, 4) is 0 Å². The Morgan fingerprint density at radius 2 is 1.59 bits per heavy atom. The molecule has 0 radical (unpaired) electrons. The zero-order valence-corrected chi connectivity index (χ0v) is 11.0. The molecule has 0 heterocycles. The van der Waals surface area contributed by atoms with E-state index in [1.54, 1.807) is 12.1 Å². The highest BCUT2D eigenvalue weighted by Gasteiger charge is 2.38. The summed E-state index contributed by atoms with van der Waals surface area (Å²) in [7, 11) is 0. The number of rotatable bonds is 2. The van der Waals surface area contributed by atoms with Crippen LogP contribution in [0.1, 0.15) is 42.2 Å². The third-order valence-electron chi connectivity index (χ3n) is 3.57. The zero-order valence-electron chi connectivity index (χ0n) is 11.0. The van der Waals surface area contributed by atoms with Gasteiger partial charge < -0.3 is 5.73 Å². The van der Waals surface area contributed by atoms with E-state index in [2.05, 4.69) is 0 Å². The molecule has 7 nitrogen and oxygen atoms in total. The molecule has 2 N–H and O–H groups in total. The van der Waals surface area contributed by atoms with Crippen LogP contribution in [-0.2, 0) is 0 Å². The van der Waals surface area contributed by atoms with Gasteiger partial charge in [-0.15, -0.1) is 0 Å². The number of aldehydes is 1. The molecule has 0 aliphatic heterocycles. The molecular formula is C15H8N2O5. The molecule has 2 aromatic carbocycles. The van der Waals surface area contributed by atoms with E-state index in [9.17, 15) is 24.5 Å². The Bertz CT molecular complexity index is 886. The van der Waals surface area contributed by atoms with E-state index in [-0.39, 0.29) is 33.5 Å². The maximum absolute atomic E-state index is 12.5. The number of nitrogen functional groups attached to an aromatic ring is 1. The molecule has 0 bridgehead atoms. The quantitative estimate of drug-likeness (QED) is 0.333. The minimum absolute atomic E-state index is 0.0846. The first-order chi connectivity index (χ1) is 10.5. The third kappa shape index (κ3) is 1.65. The highest BCUT2D eigenvalue weighted by Crippen LogP contribution is 2.37. The molecule has 0 aromatic heterocycles. The Morgan fingerprint density at radius 1 is 1.05 bits per heavy atom. The van der Waals surface area contributed by atoms with Crippen molar-refractivity contribution >= 4 is 29.2 Å². The summed E-state index contributed by atoms with van der Waals surface area (Å²) in [5.74, 6) is -1.25. The number of anilines is 1. The van der Waals surface area contributed by atoms with E-state index in [1.807, 2.05) is 0 Å². The van der Waals surface area contributed by atoms with Gasteiger partial charge in [0.2, 0.25) is 5.78 Å². The molecule has 22 heavy (non-hydrogen) atoms. The van der Waals surface area contributed by atoms with E-state index in [1.165, 1.54) is 12.1 Å². The van der Waals surface area contributed by atoms with Crippen LogP contribution in [-0.4, -0.2) is 22.8 Å². The Labute approximate surface area is 123 Å². The number of fused-ring (bicyclic) bond motifs is 2. The van der Waals surface area contributed by atoms with Crippen LogP contribution in [0.2, 0.25) is 0 Å². The van der Waals surface area contributed by atoms with Gasteiger partial charge in [0.15, 0.2) is 12.1 Å². The van der Waals surface area contributed by atoms with Crippen molar-refractivity contribution in [2.24, 2.45) is 0 Å². The van der Waals surface area contributed by atoms with Gasteiger partial charge in [0.25, 0.3) is 5.69 Å². The van der Waals surface area contributed by atoms with Crippen LogP contribution < -0.4 is 5.73 Å². The van der Waals surface area contributed by atoms with Crippen molar-refractivity contribution in [3.63, 3.8) is 0 Å². The third-order valence-corrected chi connectivity index (χ3v) is 3.57. The normalized spacial score (nSPS) is 12.5. The van der Waals surface area contributed by atoms with Gasteiger partial charge in [0.05, 0.1) is 16.2 Å². The largest absolute Gasteiger partial charge is 0.398 e. The van der Waals surface area contributed by atoms with Crippen LogP contribution in [0, 0.1) is 10.1 Å². The summed E-state index contributed by atoms with van der Waals surface area (Å²) in [5.41, 5.74) is 4.32. The Kier molecular flexibility index (Phi) is 2.84. The van der Waals surface area contributed by atoms with E-state index < -0.39 is 22.2 Å². The summed E-state index contributed by atoms with van der Waals surface area (Å²) in [5, 5.41) is 11.2. The zero-order chi connectivity index (χ0) is 16.0. The van der Waals surface area contributed by atoms with E-state index >= 15 is 0 Å². The molecule has 0 saturated heterocycles. The van der Waals surface area contributed by atoms with Gasteiger partial charge in [-0.05, 0) is 0 Å². The fraction of sp³-hybridized carbons (Fsp3) is 0. The summed E-state index contributed by atoms with van der Waals surface area (Å²) in [6.07, 6.45) is 0.320. The number of carbonyl (C=O) groups excluding carboxylic acids is 3. The minimum atomic E-state index is -0.801. The standard InChI is InChI=1S/C15H8N2O5/c16-13-7(6-18)5-10(17(21)22)11-12(13)15(20)9-4-2-1-3-8(9)14(11)19/h1-6H,16H2. The van der Waals surface area contributed by atoms with E-state index in [4.69, 9.17) is 5.73 Å². The molecule has 2 aromatic rings. The molecule has 0 amide bonds. The molecule has 0 unspecified atom stereocenters. The monoisotopic (exact) mass is 296 g/mol. The topological polar surface area (TPSA) is 120 Å². The molecule has 108 valence electrons. The smallest absolute Gasteiger partial charge is 0.282 e. The molecule has 7 heteroatoms. The van der Waals surface area contributed by atoms with Crippen LogP contribution in [0.3, 0.4) is 0 Å². The Hall–Kier alpha value is -3.35. The number of benzene rings is 2. The highest BCUT2D eigenvalue weighted by molar-refractivity contribution is 6.32. The molecule has 0 fully saturated rings. The summed E-state index contributed by atoms with van der Waals surface area (Å²) < 4.78 is 0. The maximum atomic E-state index is 12.5. The number of hydrogen-bond acceptors (Lipinski definition) is 6. The molecule has 3 rings (SSSR count). The van der Waals surface area contributed by atoms with Gasteiger partial charge in [-0.25, -0.2) is 0 Å². The second-order valence-electron chi connectivity index (χ2n) is 4.73. The molecule has 0 spiro atoms. The van der Waals surface area contributed by atoms with Crippen molar-refractivity contribution in [1.82, 2.24) is 0 Å². The lowest BCUT2D eigenvalue weighted by molar-refractivity contribution is -0.385. The SMILES string of the molecule is Nc1c(C=O)cc([N+](=O)[O-])c2c1C(=O)c1ccccc1C2=O. The fourth-order valence-electron chi connectivity index (χ4n) is 2.56. The molecule has 1 aliphatic rings. The number of nitrogens with two attached hydrogens (primary N) is 1. The van der Waals surface area contributed by atoms with Crippen LogP contribution in [0.4, 0.5) is 11.4 Å². The average Bonchev–Trinajstić information content (AvgIpc) is 2.52.